The first-order valence-corrected chi connectivity index (χ1v) is 8.94. The normalized spacial score (nSPS) is 12.3. The van der Waals surface area contributed by atoms with E-state index in [0.717, 1.165) is 15.6 Å². The Labute approximate surface area is 147 Å². The number of nitrogens with zero attached hydrogens (tertiary/aromatic N) is 2. The number of hydrogen-bond acceptors (Lipinski definition) is 4. The number of halogens is 1. The maximum Gasteiger partial charge on any atom is 0.330 e. The van der Waals surface area contributed by atoms with Crippen LogP contribution < -0.4 is 16.6 Å². The maximum atomic E-state index is 12.0. The Bertz CT molecular complexity index is 783. The molecule has 0 aliphatic rings. The quantitative estimate of drug-likeness (QED) is 0.758. The van der Waals surface area contributed by atoms with E-state index in [1.165, 1.54) is 16.5 Å². The van der Waals surface area contributed by atoms with E-state index in [1.807, 2.05) is 12.1 Å². The molecule has 0 spiro atoms. The first-order valence-electron chi connectivity index (χ1n) is 7.27. The lowest BCUT2D eigenvalue weighted by molar-refractivity contribution is 0.629. The lowest BCUT2D eigenvalue weighted by atomic mass is 10.3. The monoisotopic (exact) mass is 397 g/mol. The van der Waals surface area contributed by atoms with Crippen LogP contribution >= 0.6 is 27.7 Å². The molecule has 1 heterocycles. The number of rotatable bonds is 6. The molecule has 0 aliphatic heterocycles. The van der Waals surface area contributed by atoms with Crippen molar-refractivity contribution in [3.63, 3.8) is 0 Å². The number of benzene rings is 1. The van der Waals surface area contributed by atoms with Gasteiger partial charge in [-0.2, -0.15) is 0 Å². The van der Waals surface area contributed by atoms with Gasteiger partial charge in [0.25, 0.3) is 5.56 Å². The lowest BCUT2D eigenvalue weighted by Crippen LogP contribution is -2.39. The van der Waals surface area contributed by atoms with Crippen molar-refractivity contribution in [1.29, 1.82) is 0 Å². The van der Waals surface area contributed by atoms with Gasteiger partial charge in [0.15, 0.2) is 0 Å². The molecule has 0 aliphatic carbocycles. The molecule has 0 amide bonds. The van der Waals surface area contributed by atoms with Crippen LogP contribution in [0.25, 0.3) is 0 Å². The second-order valence-corrected chi connectivity index (χ2v) is 7.85. The van der Waals surface area contributed by atoms with Gasteiger partial charge >= 0.3 is 5.69 Å². The Balaban J connectivity index is 1.91. The zero-order valence-corrected chi connectivity index (χ0v) is 15.8. The van der Waals surface area contributed by atoms with Crippen molar-refractivity contribution in [2.45, 2.75) is 23.6 Å². The van der Waals surface area contributed by atoms with Crippen LogP contribution in [0.15, 0.2) is 49.4 Å². The third kappa shape index (κ3) is 4.83. The summed E-state index contributed by atoms with van der Waals surface area (Å²) in [5, 5.41) is 3.66. The summed E-state index contributed by atoms with van der Waals surface area (Å²) in [7, 11) is 3.15. The molecular formula is C16H20BrN3O2S. The van der Waals surface area contributed by atoms with E-state index in [-0.39, 0.29) is 11.2 Å². The van der Waals surface area contributed by atoms with Crippen molar-refractivity contribution in [3.8, 4) is 0 Å². The Morgan fingerprint density at radius 2 is 1.87 bits per heavy atom. The van der Waals surface area contributed by atoms with E-state index in [0.29, 0.717) is 17.4 Å². The van der Waals surface area contributed by atoms with Crippen molar-refractivity contribution in [3.05, 3.63) is 61.3 Å². The fourth-order valence-corrected chi connectivity index (χ4v) is 3.42. The van der Waals surface area contributed by atoms with Crippen LogP contribution in [0.4, 0.5) is 0 Å². The number of hydrogen-bond donors (Lipinski definition) is 1. The molecule has 0 saturated heterocycles. The van der Waals surface area contributed by atoms with Crippen molar-refractivity contribution in [2.24, 2.45) is 14.1 Å². The van der Waals surface area contributed by atoms with Gasteiger partial charge in [0.05, 0.1) is 0 Å². The lowest BCUT2D eigenvalue weighted by Gasteiger charge is -2.13. The molecule has 0 bridgehead atoms. The van der Waals surface area contributed by atoms with Gasteiger partial charge in [-0.1, -0.05) is 22.9 Å². The van der Waals surface area contributed by atoms with E-state index in [4.69, 9.17) is 0 Å². The molecule has 1 unspecified atom stereocenters. The Hall–Kier alpha value is -1.31. The minimum Gasteiger partial charge on any atom is -0.311 e. The van der Waals surface area contributed by atoms with E-state index < -0.39 is 0 Å². The summed E-state index contributed by atoms with van der Waals surface area (Å²) in [5.41, 5.74) is 0.0437. The van der Waals surface area contributed by atoms with E-state index in [2.05, 4.69) is 40.3 Å². The fraction of sp³-hybridized carbons (Fsp3) is 0.375. The van der Waals surface area contributed by atoms with E-state index in [1.54, 1.807) is 25.0 Å². The molecule has 1 N–H and O–H groups in total. The number of aromatic nitrogens is 2. The van der Waals surface area contributed by atoms with Gasteiger partial charge in [-0.05, 0) is 24.3 Å². The van der Waals surface area contributed by atoms with Gasteiger partial charge in [0, 0.05) is 53.6 Å². The van der Waals surface area contributed by atoms with Gasteiger partial charge in [-0.25, -0.2) is 4.79 Å². The number of aryl methyl sites for hydroxylation is 1. The average Bonchev–Trinajstić information content (AvgIpc) is 2.52. The third-order valence-electron chi connectivity index (χ3n) is 3.42. The molecule has 1 aromatic heterocycles. The molecule has 7 heteroatoms. The van der Waals surface area contributed by atoms with Gasteiger partial charge in [0.1, 0.15) is 0 Å². The van der Waals surface area contributed by atoms with Gasteiger partial charge in [-0.3, -0.25) is 9.36 Å². The SMILES string of the molecule is CC(CNCc1cn(C)c(=O)n(C)c1=O)Sc1ccc(Br)cc1. The van der Waals surface area contributed by atoms with Crippen LogP contribution in [-0.4, -0.2) is 20.9 Å². The first kappa shape index (κ1) is 18.0. The summed E-state index contributed by atoms with van der Waals surface area (Å²) < 4.78 is 3.63. The highest BCUT2D eigenvalue weighted by Gasteiger charge is 2.08. The minimum atomic E-state index is -0.307. The summed E-state index contributed by atoms with van der Waals surface area (Å²) >= 11 is 5.20. The second kappa shape index (κ2) is 7.99. The van der Waals surface area contributed by atoms with Crippen molar-refractivity contribution in [1.82, 2.24) is 14.5 Å². The highest BCUT2D eigenvalue weighted by atomic mass is 79.9. The van der Waals surface area contributed by atoms with Crippen LogP contribution in [0.1, 0.15) is 12.5 Å². The molecule has 2 rings (SSSR count). The molecule has 1 aromatic carbocycles. The average molecular weight is 398 g/mol. The predicted octanol–water partition coefficient (Wildman–Crippen LogP) is 2.12. The molecule has 23 heavy (non-hydrogen) atoms. The third-order valence-corrected chi connectivity index (χ3v) is 5.06. The van der Waals surface area contributed by atoms with Crippen molar-refractivity contribution >= 4 is 27.7 Å². The summed E-state index contributed by atoms with van der Waals surface area (Å²) in [6.07, 6.45) is 1.60. The second-order valence-electron chi connectivity index (χ2n) is 5.43. The van der Waals surface area contributed by atoms with Gasteiger partial charge < -0.3 is 9.88 Å². The largest absolute Gasteiger partial charge is 0.330 e. The molecule has 2 aromatic rings. The fourth-order valence-electron chi connectivity index (χ4n) is 2.20. The topological polar surface area (TPSA) is 56.0 Å². The van der Waals surface area contributed by atoms with Crippen LogP contribution in [0.2, 0.25) is 0 Å². The zero-order valence-electron chi connectivity index (χ0n) is 13.4. The van der Waals surface area contributed by atoms with E-state index >= 15 is 0 Å². The molecule has 0 fully saturated rings. The van der Waals surface area contributed by atoms with Gasteiger partial charge in [-0.15, -0.1) is 11.8 Å². The molecule has 124 valence electrons. The van der Waals surface area contributed by atoms with Crippen LogP contribution in [-0.2, 0) is 20.6 Å². The molecule has 0 radical (unpaired) electrons. The Kier molecular flexibility index (Phi) is 6.26. The van der Waals surface area contributed by atoms with Crippen molar-refractivity contribution in [2.75, 3.05) is 6.54 Å². The molecule has 0 saturated carbocycles. The van der Waals surface area contributed by atoms with Crippen LogP contribution in [0.3, 0.4) is 0 Å². The molecular weight excluding hydrogens is 378 g/mol. The standard InChI is InChI=1S/C16H20BrN3O2S/c1-11(23-14-6-4-13(17)5-7-14)8-18-9-12-10-19(2)16(22)20(3)15(12)21/h4-7,10-11,18H,8-9H2,1-3H3. The molecule has 1 atom stereocenters. The number of thioether (sulfide) groups is 1. The minimum absolute atomic E-state index is 0.242. The van der Waals surface area contributed by atoms with Crippen LogP contribution in [0.5, 0.6) is 0 Å². The highest BCUT2D eigenvalue weighted by molar-refractivity contribution is 9.10. The summed E-state index contributed by atoms with van der Waals surface area (Å²) in [5.74, 6) is 0. The first-order chi connectivity index (χ1) is 10.9. The summed E-state index contributed by atoms with van der Waals surface area (Å²) in [4.78, 5) is 24.9. The van der Waals surface area contributed by atoms with Gasteiger partial charge in [0.2, 0.25) is 0 Å². The zero-order chi connectivity index (χ0) is 17.0. The smallest absolute Gasteiger partial charge is 0.311 e. The Morgan fingerprint density at radius 1 is 1.22 bits per heavy atom. The summed E-state index contributed by atoms with van der Waals surface area (Å²) in [6, 6.07) is 8.20. The highest BCUT2D eigenvalue weighted by Crippen LogP contribution is 2.24. The predicted molar refractivity (Wildman–Crippen MR) is 98.1 cm³/mol. The molecule has 5 nitrogen and oxygen atoms in total. The van der Waals surface area contributed by atoms with Crippen molar-refractivity contribution < 1.29 is 0 Å². The number of nitrogens with one attached hydrogen (secondary N) is 1. The van der Waals surface area contributed by atoms with E-state index in [9.17, 15) is 9.59 Å². The van der Waals surface area contributed by atoms with Crippen LogP contribution in [0, 0.1) is 0 Å². The Morgan fingerprint density at radius 3 is 2.52 bits per heavy atom. The maximum absolute atomic E-state index is 12.0. The summed E-state index contributed by atoms with van der Waals surface area (Å²) in [6.45, 7) is 3.36.